The summed E-state index contributed by atoms with van der Waals surface area (Å²) in [6.07, 6.45) is 3.50. The summed E-state index contributed by atoms with van der Waals surface area (Å²) in [5.41, 5.74) is 2.41. The lowest BCUT2D eigenvalue weighted by atomic mass is 9.94. The van der Waals surface area contributed by atoms with E-state index in [9.17, 15) is 14.7 Å². The number of thiazole rings is 1. The number of Topliss-reactive ketones (excluding diaryl/α,β-unsaturated/α-hetero) is 1. The van der Waals surface area contributed by atoms with Crippen molar-refractivity contribution in [2.24, 2.45) is 0 Å². The Morgan fingerprint density at radius 3 is 2.87 bits per heavy atom. The van der Waals surface area contributed by atoms with Gasteiger partial charge in [-0.3, -0.25) is 9.59 Å². The van der Waals surface area contributed by atoms with Crippen LogP contribution in [0.15, 0.2) is 41.8 Å². The minimum Gasteiger partial charge on any atom is -0.503 e. The Hall–Kier alpha value is -2.97. The summed E-state index contributed by atoms with van der Waals surface area (Å²) in [4.78, 5) is 36.4. The van der Waals surface area contributed by atoms with Crippen molar-refractivity contribution in [3.05, 3.63) is 62.9 Å². The number of carbonyl (C=O) groups is 2. The second-order valence-electron chi connectivity index (χ2n) is 8.02. The molecule has 0 bridgehead atoms. The number of H-pyrrole nitrogens is 1. The molecule has 8 heteroatoms. The number of para-hydroxylation sites is 1. The van der Waals surface area contributed by atoms with Crippen LogP contribution in [0.2, 0.25) is 0 Å². The van der Waals surface area contributed by atoms with Gasteiger partial charge >= 0.3 is 0 Å². The topological polar surface area (TPSA) is 95.5 Å². The van der Waals surface area contributed by atoms with Gasteiger partial charge in [0.15, 0.2) is 5.76 Å². The standard InChI is InChI=1S/C23H23N3O4S/c1-12-22(31-13(2)25-12)20(27)18-19(16-10-24-17-8-4-3-7-15(16)17)26(23(29)21(18)28)11-14-6-5-9-30-14/h3-4,7-8,10,14,19,24,28H,5-6,9,11H2,1-2H3. The van der Waals surface area contributed by atoms with E-state index in [2.05, 4.69) is 9.97 Å². The fourth-order valence-electron chi connectivity index (χ4n) is 4.59. The molecule has 0 spiro atoms. The number of rotatable bonds is 5. The van der Waals surface area contributed by atoms with Crippen LogP contribution in [-0.4, -0.2) is 50.9 Å². The number of carbonyl (C=O) groups excluding carboxylic acids is 2. The number of aryl methyl sites for hydroxylation is 2. The Kier molecular flexibility index (Phi) is 4.91. The normalized spacial score (nSPS) is 21.6. The molecule has 160 valence electrons. The molecule has 4 heterocycles. The van der Waals surface area contributed by atoms with Gasteiger partial charge in [0.25, 0.3) is 5.91 Å². The minimum atomic E-state index is -0.692. The van der Waals surface area contributed by atoms with Crippen LogP contribution in [0.4, 0.5) is 0 Å². The van der Waals surface area contributed by atoms with E-state index in [0.717, 1.165) is 34.3 Å². The van der Waals surface area contributed by atoms with Gasteiger partial charge < -0.3 is 19.7 Å². The zero-order chi connectivity index (χ0) is 21.7. The molecule has 31 heavy (non-hydrogen) atoms. The van der Waals surface area contributed by atoms with Gasteiger partial charge in [-0.2, -0.15) is 0 Å². The number of nitrogens with zero attached hydrogens (tertiary/aromatic N) is 2. The molecule has 0 radical (unpaired) electrons. The first-order valence-electron chi connectivity index (χ1n) is 10.4. The highest BCUT2D eigenvalue weighted by Gasteiger charge is 2.46. The molecule has 2 aliphatic rings. The average molecular weight is 438 g/mol. The predicted octanol–water partition coefficient (Wildman–Crippen LogP) is 4.00. The van der Waals surface area contributed by atoms with E-state index >= 15 is 0 Å². The number of fused-ring (bicyclic) bond motifs is 1. The van der Waals surface area contributed by atoms with Crippen molar-refractivity contribution >= 4 is 33.9 Å². The van der Waals surface area contributed by atoms with Crippen LogP contribution >= 0.6 is 11.3 Å². The summed E-state index contributed by atoms with van der Waals surface area (Å²) in [5.74, 6) is -1.36. The zero-order valence-electron chi connectivity index (χ0n) is 17.3. The van der Waals surface area contributed by atoms with E-state index in [1.54, 1.807) is 11.8 Å². The Balaban J connectivity index is 1.64. The van der Waals surface area contributed by atoms with E-state index in [1.165, 1.54) is 11.3 Å². The molecule has 5 rings (SSSR count). The lowest BCUT2D eigenvalue weighted by Crippen LogP contribution is -2.37. The van der Waals surface area contributed by atoms with Gasteiger partial charge in [-0.15, -0.1) is 11.3 Å². The third-order valence-electron chi connectivity index (χ3n) is 6.00. The van der Waals surface area contributed by atoms with Gasteiger partial charge in [-0.25, -0.2) is 4.98 Å². The van der Waals surface area contributed by atoms with E-state index in [0.29, 0.717) is 23.7 Å². The largest absolute Gasteiger partial charge is 0.503 e. The van der Waals surface area contributed by atoms with Gasteiger partial charge in [0.2, 0.25) is 5.78 Å². The molecule has 2 atom stereocenters. The molecule has 0 saturated carbocycles. The predicted molar refractivity (Wildman–Crippen MR) is 117 cm³/mol. The van der Waals surface area contributed by atoms with Gasteiger partial charge in [0.05, 0.1) is 33.3 Å². The molecule has 2 aliphatic heterocycles. The molecule has 1 amide bonds. The highest BCUT2D eigenvalue weighted by Crippen LogP contribution is 2.43. The quantitative estimate of drug-likeness (QED) is 0.588. The number of aromatic nitrogens is 2. The Bertz CT molecular complexity index is 1220. The lowest BCUT2D eigenvalue weighted by molar-refractivity contribution is -0.131. The molecule has 7 nitrogen and oxygen atoms in total. The van der Waals surface area contributed by atoms with Crippen molar-refractivity contribution in [1.82, 2.24) is 14.9 Å². The second-order valence-corrected chi connectivity index (χ2v) is 9.23. The molecular weight excluding hydrogens is 414 g/mol. The molecule has 1 fully saturated rings. The maximum Gasteiger partial charge on any atom is 0.290 e. The monoisotopic (exact) mass is 437 g/mol. The number of nitrogens with one attached hydrogen (secondary N) is 1. The van der Waals surface area contributed by atoms with Crippen molar-refractivity contribution < 1.29 is 19.4 Å². The number of ketones is 1. The number of aliphatic hydroxyl groups excluding tert-OH is 1. The van der Waals surface area contributed by atoms with E-state index in [4.69, 9.17) is 4.74 Å². The summed E-state index contributed by atoms with van der Waals surface area (Å²) in [7, 11) is 0. The Labute approximate surface area is 183 Å². The molecule has 0 aliphatic carbocycles. The van der Waals surface area contributed by atoms with Crippen LogP contribution in [0, 0.1) is 13.8 Å². The number of hydrogen-bond donors (Lipinski definition) is 2. The number of benzene rings is 1. The summed E-state index contributed by atoms with van der Waals surface area (Å²) in [6, 6.07) is 7.05. The number of amides is 1. The summed E-state index contributed by atoms with van der Waals surface area (Å²) >= 11 is 1.28. The van der Waals surface area contributed by atoms with Crippen LogP contribution in [0.25, 0.3) is 10.9 Å². The highest BCUT2D eigenvalue weighted by atomic mass is 32.1. The smallest absolute Gasteiger partial charge is 0.290 e. The molecule has 2 unspecified atom stereocenters. The number of hydrogen-bond acceptors (Lipinski definition) is 6. The van der Waals surface area contributed by atoms with Crippen LogP contribution in [0.5, 0.6) is 0 Å². The van der Waals surface area contributed by atoms with Gasteiger partial charge in [-0.1, -0.05) is 18.2 Å². The average Bonchev–Trinajstić information content (AvgIpc) is 3.52. The van der Waals surface area contributed by atoms with Crippen LogP contribution in [0.1, 0.15) is 44.8 Å². The van der Waals surface area contributed by atoms with Crippen molar-refractivity contribution in [3.63, 3.8) is 0 Å². The maximum absolute atomic E-state index is 13.6. The molecule has 2 aromatic heterocycles. The van der Waals surface area contributed by atoms with Gasteiger partial charge in [0.1, 0.15) is 0 Å². The highest BCUT2D eigenvalue weighted by molar-refractivity contribution is 7.14. The molecular formula is C23H23N3O4S. The zero-order valence-corrected chi connectivity index (χ0v) is 18.2. The molecule has 3 aromatic rings. The fourth-order valence-corrected chi connectivity index (χ4v) is 5.46. The number of aliphatic hydroxyl groups is 1. The second kappa shape index (κ2) is 7.62. The summed E-state index contributed by atoms with van der Waals surface area (Å²) < 4.78 is 5.76. The first kappa shape index (κ1) is 20.0. The molecule has 1 saturated heterocycles. The Morgan fingerprint density at radius 1 is 1.35 bits per heavy atom. The first-order chi connectivity index (χ1) is 15.0. The Morgan fingerprint density at radius 2 is 2.16 bits per heavy atom. The number of ether oxygens (including phenoxy) is 1. The lowest BCUT2D eigenvalue weighted by Gasteiger charge is -2.28. The van der Waals surface area contributed by atoms with Crippen molar-refractivity contribution in [1.29, 1.82) is 0 Å². The summed E-state index contributed by atoms with van der Waals surface area (Å²) in [6.45, 7) is 4.60. The minimum absolute atomic E-state index is 0.105. The SMILES string of the molecule is Cc1nc(C)c(C(=O)C2=C(O)C(=O)N(CC3CCCO3)C2c2c[nH]c3ccccc23)s1. The number of aromatic amines is 1. The third-order valence-corrected chi connectivity index (χ3v) is 7.07. The van der Waals surface area contributed by atoms with Crippen molar-refractivity contribution in [2.45, 2.75) is 38.8 Å². The maximum atomic E-state index is 13.6. The fraction of sp³-hybridized carbons (Fsp3) is 0.348. The molecule has 2 N–H and O–H groups in total. The van der Waals surface area contributed by atoms with Crippen LogP contribution in [-0.2, 0) is 9.53 Å². The van der Waals surface area contributed by atoms with E-state index in [1.807, 2.05) is 37.4 Å². The first-order valence-corrected chi connectivity index (χ1v) is 11.2. The van der Waals surface area contributed by atoms with Crippen molar-refractivity contribution in [3.8, 4) is 0 Å². The third kappa shape index (κ3) is 3.26. The van der Waals surface area contributed by atoms with E-state index in [-0.39, 0.29) is 17.5 Å². The van der Waals surface area contributed by atoms with E-state index < -0.39 is 17.7 Å². The summed E-state index contributed by atoms with van der Waals surface area (Å²) in [5, 5.41) is 12.6. The van der Waals surface area contributed by atoms with Gasteiger partial charge in [0, 0.05) is 35.8 Å². The molecule has 1 aromatic carbocycles. The van der Waals surface area contributed by atoms with Crippen LogP contribution in [0.3, 0.4) is 0 Å². The van der Waals surface area contributed by atoms with Crippen molar-refractivity contribution in [2.75, 3.05) is 13.2 Å². The van der Waals surface area contributed by atoms with Crippen LogP contribution < -0.4 is 0 Å². The van der Waals surface area contributed by atoms with Gasteiger partial charge in [-0.05, 0) is 32.8 Å².